The first-order chi connectivity index (χ1) is 12.7. The fourth-order valence-corrected chi connectivity index (χ4v) is 3.08. The first-order valence-corrected chi connectivity index (χ1v) is 8.23. The Morgan fingerprint density at radius 3 is 2.58 bits per heavy atom. The van der Waals surface area contributed by atoms with Crippen molar-refractivity contribution in [1.82, 2.24) is 9.97 Å². The second-order valence-corrected chi connectivity index (χ2v) is 6.02. The van der Waals surface area contributed by atoms with E-state index in [1.54, 1.807) is 24.5 Å². The van der Waals surface area contributed by atoms with Crippen LogP contribution in [0.25, 0.3) is 22.0 Å². The van der Waals surface area contributed by atoms with Gasteiger partial charge in [-0.3, -0.25) is 20.1 Å². The van der Waals surface area contributed by atoms with E-state index in [2.05, 4.69) is 16.0 Å². The highest BCUT2D eigenvalue weighted by molar-refractivity contribution is 5.94. The van der Waals surface area contributed by atoms with Gasteiger partial charge in [0, 0.05) is 47.6 Å². The average Bonchev–Trinajstić information content (AvgIpc) is 2.68. The van der Waals surface area contributed by atoms with Gasteiger partial charge in [0.05, 0.1) is 10.4 Å². The van der Waals surface area contributed by atoms with Crippen LogP contribution in [0.1, 0.15) is 11.3 Å². The molecule has 126 valence electrons. The first-order valence-electron chi connectivity index (χ1n) is 8.23. The normalized spacial score (nSPS) is 10.8. The summed E-state index contributed by atoms with van der Waals surface area (Å²) in [6.07, 6.45) is 4.20. The number of fused-ring (bicyclic) bond motifs is 1. The highest BCUT2D eigenvalue weighted by Crippen LogP contribution is 2.31. The third-order valence-electron chi connectivity index (χ3n) is 4.24. The fraction of sp³-hybridized carbons (Fsp3) is 0.0476. The van der Waals surface area contributed by atoms with Gasteiger partial charge in [-0.2, -0.15) is 0 Å². The molecule has 26 heavy (non-hydrogen) atoms. The molecule has 0 N–H and O–H groups in total. The van der Waals surface area contributed by atoms with Crippen molar-refractivity contribution in [2.24, 2.45) is 0 Å². The van der Waals surface area contributed by atoms with Crippen molar-refractivity contribution in [3.8, 4) is 11.1 Å². The Hall–Kier alpha value is -3.60. The minimum Gasteiger partial charge on any atom is -0.261 e. The van der Waals surface area contributed by atoms with Crippen molar-refractivity contribution in [2.45, 2.75) is 6.42 Å². The molecule has 4 aromatic rings. The standard InChI is InChI=1S/C21H15N3O2/c25-24(26)19-8-3-5-16(14-19)20-13-15(12-18-7-1-2-9-22-18)11-17-6-4-10-23-21(17)20/h1-11,13-14H,12H2. The Morgan fingerprint density at radius 2 is 1.77 bits per heavy atom. The molecule has 0 atom stereocenters. The van der Waals surface area contributed by atoms with E-state index in [4.69, 9.17) is 0 Å². The molecule has 0 aliphatic heterocycles. The molecular formula is C21H15N3O2. The zero-order chi connectivity index (χ0) is 17.9. The zero-order valence-corrected chi connectivity index (χ0v) is 13.9. The van der Waals surface area contributed by atoms with Crippen LogP contribution in [0.3, 0.4) is 0 Å². The van der Waals surface area contributed by atoms with Crippen molar-refractivity contribution in [3.63, 3.8) is 0 Å². The molecule has 0 bridgehead atoms. The van der Waals surface area contributed by atoms with Gasteiger partial charge >= 0.3 is 0 Å². The van der Waals surface area contributed by atoms with Crippen LogP contribution in [-0.4, -0.2) is 14.9 Å². The monoisotopic (exact) mass is 341 g/mol. The van der Waals surface area contributed by atoms with E-state index in [0.717, 1.165) is 33.3 Å². The number of hydrogen-bond acceptors (Lipinski definition) is 4. The van der Waals surface area contributed by atoms with Gasteiger partial charge in [0.15, 0.2) is 0 Å². The van der Waals surface area contributed by atoms with Crippen LogP contribution in [0.15, 0.2) is 79.1 Å². The number of rotatable bonds is 4. The van der Waals surface area contributed by atoms with Crippen LogP contribution in [0.2, 0.25) is 0 Å². The summed E-state index contributed by atoms with van der Waals surface area (Å²) >= 11 is 0. The lowest BCUT2D eigenvalue weighted by Gasteiger charge is -2.10. The molecule has 0 amide bonds. The molecule has 2 heterocycles. The highest BCUT2D eigenvalue weighted by atomic mass is 16.6. The van der Waals surface area contributed by atoms with Gasteiger partial charge in [-0.1, -0.05) is 24.3 Å². The number of nitrogens with zero attached hydrogens (tertiary/aromatic N) is 3. The summed E-state index contributed by atoms with van der Waals surface area (Å²) < 4.78 is 0. The lowest BCUT2D eigenvalue weighted by Crippen LogP contribution is -1.94. The molecule has 0 saturated carbocycles. The van der Waals surface area contributed by atoms with Gasteiger partial charge in [0.25, 0.3) is 5.69 Å². The van der Waals surface area contributed by atoms with E-state index in [-0.39, 0.29) is 10.6 Å². The molecular weight excluding hydrogens is 326 g/mol. The van der Waals surface area contributed by atoms with Gasteiger partial charge < -0.3 is 0 Å². The lowest BCUT2D eigenvalue weighted by molar-refractivity contribution is -0.384. The summed E-state index contributed by atoms with van der Waals surface area (Å²) in [4.78, 5) is 19.6. The average molecular weight is 341 g/mol. The Labute approximate surface area is 150 Å². The Bertz CT molecular complexity index is 1090. The molecule has 0 radical (unpaired) electrons. The quantitative estimate of drug-likeness (QED) is 0.395. The summed E-state index contributed by atoms with van der Waals surface area (Å²) in [5, 5.41) is 12.1. The molecule has 2 aromatic heterocycles. The van der Waals surface area contributed by atoms with Gasteiger partial charge in [0.1, 0.15) is 0 Å². The molecule has 0 aliphatic carbocycles. The summed E-state index contributed by atoms with van der Waals surface area (Å²) in [7, 11) is 0. The Balaban J connectivity index is 1.87. The van der Waals surface area contributed by atoms with Crippen LogP contribution in [-0.2, 0) is 6.42 Å². The number of aromatic nitrogens is 2. The van der Waals surface area contributed by atoms with Crippen molar-refractivity contribution in [3.05, 3.63) is 100 Å². The zero-order valence-electron chi connectivity index (χ0n) is 13.9. The molecule has 0 unspecified atom stereocenters. The van der Waals surface area contributed by atoms with Crippen molar-refractivity contribution < 1.29 is 4.92 Å². The topological polar surface area (TPSA) is 68.9 Å². The summed E-state index contributed by atoms with van der Waals surface area (Å²) in [5.74, 6) is 0. The highest BCUT2D eigenvalue weighted by Gasteiger charge is 2.12. The summed E-state index contributed by atoms with van der Waals surface area (Å²) in [5.41, 5.74) is 4.63. The van der Waals surface area contributed by atoms with E-state index in [1.165, 1.54) is 6.07 Å². The number of nitro groups is 1. The number of pyridine rings is 2. The molecule has 2 aromatic carbocycles. The maximum atomic E-state index is 11.1. The molecule has 4 rings (SSSR count). The molecule has 5 nitrogen and oxygen atoms in total. The SMILES string of the molecule is O=[N+]([O-])c1cccc(-c2cc(Cc3ccccn3)cc3cccnc23)c1. The Morgan fingerprint density at radius 1 is 0.885 bits per heavy atom. The summed E-state index contributed by atoms with van der Waals surface area (Å²) in [6.45, 7) is 0. The molecule has 0 fully saturated rings. The van der Waals surface area contributed by atoms with E-state index < -0.39 is 0 Å². The minimum atomic E-state index is -0.378. The lowest BCUT2D eigenvalue weighted by atomic mass is 9.96. The fourth-order valence-electron chi connectivity index (χ4n) is 3.08. The van der Waals surface area contributed by atoms with E-state index in [9.17, 15) is 10.1 Å². The van der Waals surface area contributed by atoms with Crippen molar-refractivity contribution >= 4 is 16.6 Å². The number of benzene rings is 2. The number of nitro benzene ring substituents is 1. The smallest absolute Gasteiger partial charge is 0.261 e. The van der Waals surface area contributed by atoms with Crippen molar-refractivity contribution in [1.29, 1.82) is 0 Å². The van der Waals surface area contributed by atoms with Crippen LogP contribution in [0, 0.1) is 10.1 Å². The van der Waals surface area contributed by atoms with E-state index in [0.29, 0.717) is 6.42 Å². The van der Waals surface area contributed by atoms with E-state index >= 15 is 0 Å². The van der Waals surface area contributed by atoms with Gasteiger partial charge in [-0.15, -0.1) is 0 Å². The van der Waals surface area contributed by atoms with Crippen LogP contribution >= 0.6 is 0 Å². The van der Waals surface area contributed by atoms with Crippen molar-refractivity contribution in [2.75, 3.05) is 0 Å². The van der Waals surface area contributed by atoms with E-state index in [1.807, 2.05) is 42.5 Å². The third-order valence-corrected chi connectivity index (χ3v) is 4.24. The first kappa shape index (κ1) is 15.9. The summed E-state index contributed by atoms with van der Waals surface area (Å²) in [6, 6.07) is 20.5. The number of non-ortho nitro benzene ring substituents is 1. The van der Waals surface area contributed by atoms with Crippen LogP contribution in [0.4, 0.5) is 5.69 Å². The second kappa shape index (κ2) is 6.72. The minimum absolute atomic E-state index is 0.0710. The molecule has 0 saturated heterocycles. The van der Waals surface area contributed by atoms with Gasteiger partial charge in [0.2, 0.25) is 0 Å². The van der Waals surface area contributed by atoms with Crippen LogP contribution in [0.5, 0.6) is 0 Å². The largest absolute Gasteiger partial charge is 0.270 e. The predicted molar refractivity (Wildman–Crippen MR) is 101 cm³/mol. The third kappa shape index (κ3) is 3.15. The molecule has 0 spiro atoms. The maximum absolute atomic E-state index is 11.1. The molecule has 0 aliphatic rings. The maximum Gasteiger partial charge on any atom is 0.270 e. The van der Waals surface area contributed by atoms with Gasteiger partial charge in [-0.25, -0.2) is 0 Å². The van der Waals surface area contributed by atoms with Crippen LogP contribution < -0.4 is 0 Å². The second-order valence-electron chi connectivity index (χ2n) is 6.02. The van der Waals surface area contributed by atoms with Gasteiger partial charge in [-0.05, 0) is 41.5 Å². The number of hydrogen-bond donors (Lipinski definition) is 0. The molecule has 5 heteroatoms. The predicted octanol–water partition coefficient (Wildman–Crippen LogP) is 4.80. The Kier molecular flexibility index (Phi) is 4.11.